The summed E-state index contributed by atoms with van der Waals surface area (Å²) in [5, 5.41) is 10.2. The SMILES string of the molecule is O[C@@H]1O[C@H](COCc2ccccc2)[C@H](OCc2ccccc2)[C@H](OCc2ccccc2)[C@H]1F. The summed E-state index contributed by atoms with van der Waals surface area (Å²) in [5.74, 6) is 0. The molecule has 0 radical (unpaired) electrons. The minimum absolute atomic E-state index is 0.128. The first kappa shape index (κ1) is 23.5. The van der Waals surface area contributed by atoms with Crippen molar-refractivity contribution in [3.05, 3.63) is 108 Å². The van der Waals surface area contributed by atoms with E-state index in [-0.39, 0.29) is 19.8 Å². The van der Waals surface area contributed by atoms with Crippen molar-refractivity contribution in [2.45, 2.75) is 50.6 Å². The number of rotatable bonds is 10. The lowest BCUT2D eigenvalue weighted by Crippen LogP contribution is -2.59. The van der Waals surface area contributed by atoms with Crippen LogP contribution in [0, 0.1) is 0 Å². The van der Waals surface area contributed by atoms with Crippen LogP contribution in [0.3, 0.4) is 0 Å². The zero-order valence-electron chi connectivity index (χ0n) is 18.3. The molecule has 1 heterocycles. The minimum atomic E-state index is -1.75. The molecule has 0 aliphatic carbocycles. The highest BCUT2D eigenvalue weighted by Gasteiger charge is 2.47. The lowest BCUT2D eigenvalue weighted by atomic mass is 9.99. The van der Waals surface area contributed by atoms with Gasteiger partial charge in [-0.15, -0.1) is 0 Å². The first-order valence-electron chi connectivity index (χ1n) is 11.1. The lowest BCUT2D eigenvalue weighted by Gasteiger charge is -2.41. The fourth-order valence-corrected chi connectivity index (χ4v) is 3.81. The van der Waals surface area contributed by atoms with Gasteiger partial charge in [0.2, 0.25) is 0 Å². The molecule has 3 aromatic carbocycles. The van der Waals surface area contributed by atoms with E-state index in [0.717, 1.165) is 16.7 Å². The molecule has 1 aliphatic heterocycles. The molecule has 1 saturated heterocycles. The van der Waals surface area contributed by atoms with Gasteiger partial charge in [-0.2, -0.15) is 0 Å². The van der Waals surface area contributed by atoms with Crippen molar-refractivity contribution in [3.8, 4) is 0 Å². The zero-order chi connectivity index (χ0) is 22.9. The van der Waals surface area contributed by atoms with Crippen molar-refractivity contribution in [1.29, 1.82) is 0 Å². The Morgan fingerprint density at radius 2 is 1.12 bits per heavy atom. The number of hydrogen-bond acceptors (Lipinski definition) is 5. The molecule has 174 valence electrons. The molecule has 1 aliphatic rings. The van der Waals surface area contributed by atoms with E-state index in [1.807, 2.05) is 91.0 Å². The maximum absolute atomic E-state index is 15.1. The van der Waals surface area contributed by atoms with Gasteiger partial charge in [-0.1, -0.05) is 91.0 Å². The average Bonchev–Trinajstić information content (AvgIpc) is 2.86. The highest BCUT2D eigenvalue weighted by molar-refractivity contribution is 5.15. The highest BCUT2D eigenvalue weighted by Crippen LogP contribution is 2.29. The predicted molar refractivity (Wildman–Crippen MR) is 122 cm³/mol. The number of alkyl halides is 1. The van der Waals surface area contributed by atoms with Crippen LogP contribution in [0.5, 0.6) is 0 Å². The molecule has 1 fully saturated rings. The summed E-state index contributed by atoms with van der Waals surface area (Å²) in [6.07, 6.45) is -5.83. The van der Waals surface area contributed by atoms with Gasteiger partial charge in [0.15, 0.2) is 12.5 Å². The normalized spacial score (nSPS) is 25.1. The van der Waals surface area contributed by atoms with Crippen LogP contribution in [0.2, 0.25) is 0 Å². The monoisotopic (exact) mass is 452 g/mol. The Labute approximate surface area is 193 Å². The van der Waals surface area contributed by atoms with Crippen molar-refractivity contribution in [2.24, 2.45) is 0 Å². The van der Waals surface area contributed by atoms with E-state index in [4.69, 9.17) is 18.9 Å². The Bertz CT molecular complexity index is 941. The fraction of sp³-hybridized carbons (Fsp3) is 0.333. The molecule has 0 unspecified atom stereocenters. The lowest BCUT2D eigenvalue weighted by molar-refractivity contribution is -0.293. The van der Waals surface area contributed by atoms with Crippen LogP contribution in [0.1, 0.15) is 16.7 Å². The zero-order valence-corrected chi connectivity index (χ0v) is 18.3. The first-order chi connectivity index (χ1) is 16.2. The van der Waals surface area contributed by atoms with Crippen molar-refractivity contribution in [2.75, 3.05) is 6.61 Å². The van der Waals surface area contributed by atoms with Crippen LogP contribution >= 0.6 is 0 Å². The van der Waals surface area contributed by atoms with E-state index in [1.165, 1.54) is 0 Å². The molecule has 0 amide bonds. The van der Waals surface area contributed by atoms with E-state index in [1.54, 1.807) is 0 Å². The summed E-state index contributed by atoms with van der Waals surface area (Å²) in [7, 11) is 0. The first-order valence-corrected chi connectivity index (χ1v) is 11.1. The van der Waals surface area contributed by atoms with Gasteiger partial charge < -0.3 is 24.1 Å². The second-order valence-corrected chi connectivity index (χ2v) is 8.03. The Morgan fingerprint density at radius 3 is 1.64 bits per heavy atom. The van der Waals surface area contributed by atoms with Crippen LogP contribution in [0.15, 0.2) is 91.0 Å². The number of hydrogen-bond donors (Lipinski definition) is 1. The average molecular weight is 453 g/mol. The minimum Gasteiger partial charge on any atom is -0.374 e. The quantitative estimate of drug-likeness (QED) is 0.493. The smallest absolute Gasteiger partial charge is 0.189 e. The summed E-state index contributed by atoms with van der Waals surface area (Å²) < 4.78 is 38.5. The van der Waals surface area contributed by atoms with Gasteiger partial charge in [0.05, 0.1) is 26.4 Å². The Kier molecular flexibility index (Phi) is 8.58. The standard InChI is InChI=1S/C27H29FO5/c28-24-26(32-18-22-14-8-3-9-15-22)25(31-17-21-12-6-2-7-13-21)23(33-27(24)29)19-30-16-20-10-4-1-5-11-20/h1-15,23-27,29H,16-19H2/t23-,24-,25+,26-,27-/m1/s1. The van der Waals surface area contributed by atoms with Crippen molar-refractivity contribution >= 4 is 0 Å². The molecule has 33 heavy (non-hydrogen) atoms. The fourth-order valence-electron chi connectivity index (χ4n) is 3.81. The topological polar surface area (TPSA) is 57.2 Å². The van der Waals surface area contributed by atoms with E-state index in [9.17, 15) is 5.11 Å². The van der Waals surface area contributed by atoms with Gasteiger partial charge in [-0.05, 0) is 16.7 Å². The number of benzene rings is 3. The number of halogens is 1. The van der Waals surface area contributed by atoms with Gasteiger partial charge in [-0.3, -0.25) is 0 Å². The third kappa shape index (κ3) is 6.69. The Hall–Kier alpha value is -2.61. The molecule has 0 saturated carbocycles. The van der Waals surface area contributed by atoms with Crippen LogP contribution < -0.4 is 0 Å². The van der Waals surface area contributed by atoms with Gasteiger partial charge in [0.25, 0.3) is 0 Å². The maximum atomic E-state index is 15.1. The van der Waals surface area contributed by atoms with Gasteiger partial charge >= 0.3 is 0 Å². The molecule has 3 aromatic rings. The highest BCUT2D eigenvalue weighted by atomic mass is 19.1. The second kappa shape index (κ2) is 12.0. The summed E-state index contributed by atoms with van der Waals surface area (Å²) in [5.41, 5.74) is 2.87. The van der Waals surface area contributed by atoms with Crippen LogP contribution in [0.25, 0.3) is 0 Å². The van der Waals surface area contributed by atoms with E-state index >= 15 is 4.39 Å². The summed E-state index contributed by atoms with van der Waals surface area (Å²) in [6, 6.07) is 28.9. The molecule has 0 bridgehead atoms. The van der Waals surface area contributed by atoms with Crippen LogP contribution in [0.4, 0.5) is 4.39 Å². The predicted octanol–water partition coefficient (Wildman–Crippen LogP) is 4.43. The van der Waals surface area contributed by atoms with E-state index in [0.29, 0.717) is 6.61 Å². The number of aliphatic hydroxyl groups is 1. The molecule has 6 heteroatoms. The molecular formula is C27H29FO5. The Balaban J connectivity index is 1.46. The van der Waals surface area contributed by atoms with Crippen molar-refractivity contribution in [3.63, 3.8) is 0 Å². The largest absolute Gasteiger partial charge is 0.374 e. The van der Waals surface area contributed by atoms with Crippen LogP contribution in [-0.4, -0.2) is 42.5 Å². The molecular weight excluding hydrogens is 423 g/mol. The van der Waals surface area contributed by atoms with Crippen molar-refractivity contribution in [1.82, 2.24) is 0 Å². The number of ether oxygens (including phenoxy) is 4. The van der Waals surface area contributed by atoms with Gasteiger partial charge in [-0.25, -0.2) is 4.39 Å². The van der Waals surface area contributed by atoms with Crippen LogP contribution in [-0.2, 0) is 38.8 Å². The molecule has 0 aromatic heterocycles. The molecule has 5 atom stereocenters. The summed E-state index contributed by atoms with van der Waals surface area (Å²) in [4.78, 5) is 0. The summed E-state index contributed by atoms with van der Waals surface area (Å²) in [6.45, 7) is 0.958. The summed E-state index contributed by atoms with van der Waals surface area (Å²) >= 11 is 0. The van der Waals surface area contributed by atoms with Gasteiger partial charge in [0, 0.05) is 0 Å². The second-order valence-electron chi connectivity index (χ2n) is 8.03. The Morgan fingerprint density at radius 1 is 0.667 bits per heavy atom. The number of aliphatic hydroxyl groups excluding tert-OH is 1. The molecule has 1 N–H and O–H groups in total. The molecule has 4 rings (SSSR count). The van der Waals surface area contributed by atoms with E-state index < -0.39 is 30.8 Å². The van der Waals surface area contributed by atoms with E-state index in [2.05, 4.69) is 0 Å². The molecule has 5 nitrogen and oxygen atoms in total. The third-order valence-corrected chi connectivity index (χ3v) is 5.55. The third-order valence-electron chi connectivity index (χ3n) is 5.55. The molecule has 0 spiro atoms. The van der Waals surface area contributed by atoms with Gasteiger partial charge in [0.1, 0.15) is 18.3 Å². The van der Waals surface area contributed by atoms with Crippen molar-refractivity contribution < 1.29 is 28.4 Å². The maximum Gasteiger partial charge on any atom is 0.189 e.